The zero-order valence-electron chi connectivity index (χ0n) is 13.4. The van der Waals surface area contributed by atoms with Crippen molar-refractivity contribution in [2.45, 2.75) is 32.8 Å². The van der Waals surface area contributed by atoms with Gasteiger partial charge in [0.05, 0.1) is 6.42 Å². The lowest BCUT2D eigenvalue weighted by molar-refractivity contribution is -0.152. The van der Waals surface area contributed by atoms with Gasteiger partial charge in [-0.25, -0.2) is 4.79 Å². The van der Waals surface area contributed by atoms with Crippen LogP contribution in [0.5, 0.6) is 0 Å². The van der Waals surface area contributed by atoms with Gasteiger partial charge in [0.15, 0.2) is 0 Å². The molecule has 0 bridgehead atoms. The summed E-state index contributed by atoms with van der Waals surface area (Å²) >= 11 is 0. The molecule has 0 heterocycles. The van der Waals surface area contributed by atoms with Crippen molar-refractivity contribution in [2.24, 2.45) is 0 Å². The topological polar surface area (TPSA) is 46.6 Å². The van der Waals surface area contributed by atoms with Gasteiger partial charge in [-0.3, -0.25) is 4.79 Å². The fourth-order valence-electron chi connectivity index (χ4n) is 1.77. The van der Waals surface area contributed by atoms with E-state index in [0.717, 1.165) is 11.1 Å². The number of amides is 1. The molecule has 1 amide bonds. The van der Waals surface area contributed by atoms with Crippen molar-refractivity contribution in [1.82, 2.24) is 4.90 Å². The van der Waals surface area contributed by atoms with Crippen LogP contribution in [0, 0.1) is 0 Å². The third-order valence-corrected chi connectivity index (χ3v) is 3.17. The standard InChI is InChI=1S/C17H23NO3/c1-12(2)16(20)21-17(3,4)14-9-7-8-13(10-14)11-15(19)18(5)6/h7-10H,1,11H2,2-6H3. The number of rotatable bonds is 5. The second kappa shape index (κ2) is 6.57. The number of benzene rings is 1. The number of carbonyl (C=O) groups excluding carboxylic acids is 2. The molecule has 21 heavy (non-hydrogen) atoms. The van der Waals surface area contributed by atoms with Gasteiger partial charge in [0.25, 0.3) is 0 Å². The lowest BCUT2D eigenvalue weighted by Gasteiger charge is -2.26. The average Bonchev–Trinajstić information content (AvgIpc) is 2.38. The molecule has 0 aliphatic heterocycles. The van der Waals surface area contributed by atoms with Crippen molar-refractivity contribution in [3.8, 4) is 0 Å². The van der Waals surface area contributed by atoms with Gasteiger partial charge in [0.1, 0.15) is 5.60 Å². The summed E-state index contributed by atoms with van der Waals surface area (Å²) in [5.41, 5.74) is 1.33. The lowest BCUT2D eigenvalue weighted by Crippen LogP contribution is -2.26. The quantitative estimate of drug-likeness (QED) is 0.618. The maximum atomic E-state index is 11.8. The SMILES string of the molecule is C=C(C)C(=O)OC(C)(C)c1cccc(CC(=O)N(C)C)c1. The Kier molecular flexibility index (Phi) is 5.30. The Labute approximate surface area is 126 Å². The van der Waals surface area contributed by atoms with Crippen LogP contribution in [-0.4, -0.2) is 30.9 Å². The Morgan fingerprint density at radius 3 is 2.43 bits per heavy atom. The number of ether oxygens (including phenoxy) is 1. The molecule has 0 fully saturated rings. The van der Waals surface area contributed by atoms with Gasteiger partial charge in [0.2, 0.25) is 5.91 Å². The van der Waals surface area contributed by atoms with Crippen LogP contribution in [0.2, 0.25) is 0 Å². The molecule has 0 spiro atoms. The minimum Gasteiger partial charge on any atom is -0.451 e. The van der Waals surface area contributed by atoms with E-state index in [4.69, 9.17) is 4.74 Å². The molecule has 1 aromatic carbocycles. The van der Waals surface area contributed by atoms with Gasteiger partial charge in [-0.05, 0) is 31.9 Å². The van der Waals surface area contributed by atoms with Gasteiger partial charge < -0.3 is 9.64 Å². The molecule has 0 atom stereocenters. The molecule has 4 heteroatoms. The highest BCUT2D eigenvalue weighted by atomic mass is 16.6. The highest BCUT2D eigenvalue weighted by molar-refractivity contribution is 5.87. The first-order valence-electron chi connectivity index (χ1n) is 6.82. The van der Waals surface area contributed by atoms with Crippen molar-refractivity contribution < 1.29 is 14.3 Å². The molecule has 0 aromatic heterocycles. The van der Waals surface area contributed by atoms with Crippen molar-refractivity contribution in [2.75, 3.05) is 14.1 Å². The Bertz CT molecular complexity index is 559. The summed E-state index contributed by atoms with van der Waals surface area (Å²) in [4.78, 5) is 25.0. The minimum atomic E-state index is -0.771. The zero-order valence-corrected chi connectivity index (χ0v) is 13.4. The number of esters is 1. The smallest absolute Gasteiger partial charge is 0.333 e. The van der Waals surface area contributed by atoms with Crippen LogP contribution in [0.3, 0.4) is 0 Å². The molecule has 0 saturated heterocycles. The Hall–Kier alpha value is -2.10. The molecule has 0 saturated carbocycles. The van der Waals surface area contributed by atoms with E-state index < -0.39 is 11.6 Å². The molecular weight excluding hydrogens is 266 g/mol. The third kappa shape index (κ3) is 4.74. The predicted molar refractivity (Wildman–Crippen MR) is 82.8 cm³/mol. The fraction of sp³-hybridized carbons (Fsp3) is 0.412. The monoisotopic (exact) mass is 289 g/mol. The average molecular weight is 289 g/mol. The normalized spacial score (nSPS) is 10.9. The molecule has 0 aliphatic rings. The summed E-state index contributed by atoms with van der Waals surface area (Å²) in [6, 6.07) is 7.54. The maximum Gasteiger partial charge on any atom is 0.333 e. The highest BCUT2D eigenvalue weighted by Gasteiger charge is 2.26. The van der Waals surface area contributed by atoms with E-state index in [1.807, 2.05) is 38.1 Å². The molecule has 4 nitrogen and oxygen atoms in total. The van der Waals surface area contributed by atoms with E-state index in [1.165, 1.54) is 0 Å². The lowest BCUT2D eigenvalue weighted by atomic mass is 9.95. The van der Waals surface area contributed by atoms with Crippen LogP contribution >= 0.6 is 0 Å². The number of carbonyl (C=O) groups is 2. The van der Waals surface area contributed by atoms with Crippen LogP contribution in [-0.2, 0) is 26.3 Å². The zero-order chi connectivity index (χ0) is 16.2. The fourth-order valence-corrected chi connectivity index (χ4v) is 1.77. The van der Waals surface area contributed by atoms with Crippen LogP contribution in [0.25, 0.3) is 0 Å². The second-order valence-corrected chi connectivity index (χ2v) is 5.85. The summed E-state index contributed by atoms with van der Waals surface area (Å²) in [7, 11) is 3.45. The number of nitrogens with zero attached hydrogens (tertiary/aromatic N) is 1. The predicted octanol–water partition coefficient (Wildman–Crippen LogP) is 2.67. The maximum absolute atomic E-state index is 11.8. The molecule has 1 rings (SSSR count). The van der Waals surface area contributed by atoms with E-state index in [0.29, 0.717) is 12.0 Å². The number of likely N-dealkylation sites (N-methyl/N-ethyl adjacent to an activating group) is 1. The van der Waals surface area contributed by atoms with Gasteiger partial charge in [0, 0.05) is 19.7 Å². The summed E-state index contributed by atoms with van der Waals surface area (Å²) in [6.45, 7) is 8.84. The third-order valence-electron chi connectivity index (χ3n) is 3.17. The van der Waals surface area contributed by atoms with Crippen LogP contribution < -0.4 is 0 Å². The van der Waals surface area contributed by atoms with E-state index in [2.05, 4.69) is 6.58 Å². The van der Waals surface area contributed by atoms with Gasteiger partial charge in [-0.15, -0.1) is 0 Å². The largest absolute Gasteiger partial charge is 0.451 e. The number of hydrogen-bond acceptors (Lipinski definition) is 3. The van der Waals surface area contributed by atoms with Crippen molar-refractivity contribution in [3.63, 3.8) is 0 Å². The first-order chi connectivity index (χ1) is 9.63. The van der Waals surface area contributed by atoms with Crippen LogP contribution in [0.4, 0.5) is 0 Å². The Balaban J connectivity index is 2.95. The van der Waals surface area contributed by atoms with Crippen LogP contribution in [0.15, 0.2) is 36.4 Å². The van der Waals surface area contributed by atoms with E-state index in [9.17, 15) is 9.59 Å². The number of hydrogen-bond donors (Lipinski definition) is 0. The second-order valence-electron chi connectivity index (χ2n) is 5.85. The first-order valence-corrected chi connectivity index (χ1v) is 6.82. The molecule has 0 aliphatic carbocycles. The summed E-state index contributed by atoms with van der Waals surface area (Å²) in [5, 5.41) is 0. The first kappa shape index (κ1) is 17.0. The summed E-state index contributed by atoms with van der Waals surface area (Å²) in [6.07, 6.45) is 0.325. The van der Waals surface area contributed by atoms with Crippen LogP contribution in [0.1, 0.15) is 31.9 Å². The molecule has 1 aromatic rings. The van der Waals surface area contributed by atoms with Crippen molar-refractivity contribution >= 4 is 11.9 Å². The van der Waals surface area contributed by atoms with E-state index >= 15 is 0 Å². The highest BCUT2D eigenvalue weighted by Crippen LogP contribution is 2.26. The van der Waals surface area contributed by atoms with E-state index in [-0.39, 0.29) is 5.91 Å². The minimum absolute atomic E-state index is 0.0314. The summed E-state index contributed by atoms with van der Waals surface area (Å²) < 4.78 is 5.46. The molecule has 114 valence electrons. The Morgan fingerprint density at radius 2 is 1.90 bits per heavy atom. The van der Waals surface area contributed by atoms with Crippen molar-refractivity contribution in [3.05, 3.63) is 47.5 Å². The molecular formula is C17H23NO3. The van der Waals surface area contributed by atoms with Crippen molar-refractivity contribution in [1.29, 1.82) is 0 Å². The van der Waals surface area contributed by atoms with Gasteiger partial charge in [-0.1, -0.05) is 30.8 Å². The molecule has 0 radical (unpaired) electrons. The Morgan fingerprint density at radius 1 is 1.29 bits per heavy atom. The summed E-state index contributed by atoms with van der Waals surface area (Å²) in [5.74, 6) is -0.390. The van der Waals surface area contributed by atoms with Gasteiger partial charge >= 0.3 is 5.97 Å². The molecule has 0 unspecified atom stereocenters. The van der Waals surface area contributed by atoms with Gasteiger partial charge in [-0.2, -0.15) is 0 Å². The molecule has 0 N–H and O–H groups in total. The van der Waals surface area contributed by atoms with E-state index in [1.54, 1.807) is 25.9 Å².